The van der Waals surface area contributed by atoms with E-state index in [0.29, 0.717) is 6.54 Å². The van der Waals surface area contributed by atoms with Crippen LogP contribution in [-0.4, -0.2) is 50.9 Å². The number of hydrogen-bond donors (Lipinski definition) is 1. The van der Waals surface area contributed by atoms with Crippen LogP contribution in [-0.2, 0) is 6.54 Å². The number of rotatable bonds is 3. The van der Waals surface area contributed by atoms with Gasteiger partial charge >= 0.3 is 0 Å². The summed E-state index contributed by atoms with van der Waals surface area (Å²) < 4.78 is 1.91. The summed E-state index contributed by atoms with van der Waals surface area (Å²) in [6, 6.07) is 3.98. The molecule has 0 atom stereocenters. The van der Waals surface area contributed by atoms with Gasteiger partial charge in [0.25, 0.3) is 0 Å². The normalized spacial score (nSPS) is 15.4. The van der Waals surface area contributed by atoms with Crippen molar-refractivity contribution in [2.45, 2.75) is 6.54 Å². The summed E-state index contributed by atoms with van der Waals surface area (Å²) in [5.41, 5.74) is 2.03. The first kappa shape index (κ1) is 13.1. The van der Waals surface area contributed by atoms with Crippen molar-refractivity contribution in [1.29, 1.82) is 0 Å². The van der Waals surface area contributed by atoms with Gasteiger partial charge in [0.15, 0.2) is 5.65 Å². The van der Waals surface area contributed by atoms with Crippen molar-refractivity contribution in [2.75, 3.05) is 31.1 Å². The predicted octanol–water partition coefficient (Wildman–Crippen LogP) is 0.679. The van der Waals surface area contributed by atoms with E-state index in [1.165, 1.54) is 0 Å². The molecule has 1 saturated heterocycles. The third-order valence-electron chi connectivity index (χ3n) is 3.91. The Balaban J connectivity index is 1.70. The maximum atomic E-state index is 4.50. The highest BCUT2D eigenvalue weighted by molar-refractivity contribution is 5.86. The maximum absolute atomic E-state index is 4.50. The van der Waals surface area contributed by atoms with Crippen molar-refractivity contribution in [3.63, 3.8) is 0 Å². The molecule has 1 fully saturated rings. The molecule has 1 aliphatic heterocycles. The Bertz CT molecular complexity index is 762. The van der Waals surface area contributed by atoms with Gasteiger partial charge < -0.3 is 10.2 Å². The molecule has 0 spiro atoms. The molecule has 0 radical (unpaired) electrons. The summed E-state index contributed by atoms with van der Waals surface area (Å²) in [6.07, 6.45) is 7.09. The number of nitrogens with zero attached hydrogens (tertiary/aromatic N) is 6. The van der Waals surface area contributed by atoms with E-state index in [1.54, 1.807) is 18.7 Å². The zero-order valence-corrected chi connectivity index (χ0v) is 12.2. The molecule has 3 aromatic heterocycles. The Morgan fingerprint density at radius 1 is 1.09 bits per heavy atom. The molecule has 0 amide bonds. The summed E-state index contributed by atoms with van der Waals surface area (Å²) >= 11 is 0. The largest absolute Gasteiger partial charge is 0.353 e. The van der Waals surface area contributed by atoms with Crippen molar-refractivity contribution in [2.24, 2.45) is 0 Å². The maximum Gasteiger partial charge on any atom is 0.163 e. The molecular formula is C15H17N7. The monoisotopic (exact) mass is 295 g/mol. The van der Waals surface area contributed by atoms with Crippen molar-refractivity contribution in [1.82, 2.24) is 30.0 Å². The van der Waals surface area contributed by atoms with Gasteiger partial charge in [-0.25, -0.2) is 14.6 Å². The van der Waals surface area contributed by atoms with E-state index in [0.717, 1.165) is 48.6 Å². The van der Waals surface area contributed by atoms with Gasteiger partial charge in [-0.2, -0.15) is 5.10 Å². The van der Waals surface area contributed by atoms with Crippen molar-refractivity contribution in [3.8, 4) is 0 Å². The Hall–Kier alpha value is -2.54. The molecule has 4 rings (SSSR count). The lowest BCUT2D eigenvalue weighted by atomic mass is 10.2. The fourth-order valence-corrected chi connectivity index (χ4v) is 2.79. The molecule has 0 bridgehead atoms. The first-order valence-electron chi connectivity index (χ1n) is 7.43. The number of hydrogen-bond acceptors (Lipinski definition) is 6. The van der Waals surface area contributed by atoms with Gasteiger partial charge in [-0.3, -0.25) is 4.98 Å². The van der Waals surface area contributed by atoms with E-state index in [1.807, 2.05) is 23.0 Å². The van der Waals surface area contributed by atoms with Crippen LogP contribution in [0.25, 0.3) is 11.0 Å². The number of aromatic nitrogens is 5. The average molecular weight is 295 g/mol. The summed E-state index contributed by atoms with van der Waals surface area (Å²) in [4.78, 5) is 15.2. The molecule has 0 aromatic carbocycles. The summed E-state index contributed by atoms with van der Waals surface area (Å²) in [5, 5.41) is 8.87. The SMILES string of the molecule is c1cc(Cn2ncc3c(N4CCNCC4)ncnc32)ccn1. The number of pyridine rings is 1. The second-order valence-corrected chi connectivity index (χ2v) is 5.33. The highest BCUT2D eigenvalue weighted by Crippen LogP contribution is 2.23. The molecule has 7 heteroatoms. The van der Waals surface area contributed by atoms with Gasteiger partial charge in [-0.15, -0.1) is 0 Å². The minimum absolute atomic E-state index is 0.685. The Kier molecular flexibility index (Phi) is 3.40. The number of piperazine rings is 1. The van der Waals surface area contributed by atoms with E-state index in [2.05, 4.69) is 30.3 Å². The molecular weight excluding hydrogens is 278 g/mol. The molecule has 22 heavy (non-hydrogen) atoms. The molecule has 4 heterocycles. The molecule has 0 saturated carbocycles. The lowest BCUT2D eigenvalue weighted by Gasteiger charge is -2.28. The standard InChI is InChI=1S/C15H17N7/c1-3-16-4-2-12(1)10-22-15-13(9-20-22)14(18-11-19-15)21-7-5-17-6-8-21/h1-4,9,11,17H,5-8,10H2. The second-order valence-electron chi connectivity index (χ2n) is 5.33. The molecule has 1 N–H and O–H groups in total. The van der Waals surface area contributed by atoms with Crippen LogP contribution < -0.4 is 10.2 Å². The minimum Gasteiger partial charge on any atom is -0.353 e. The van der Waals surface area contributed by atoms with Crippen LogP contribution >= 0.6 is 0 Å². The Labute approximate surface area is 128 Å². The van der Waals surface area contributed by atoms with Crippen LogP contribution in [0.15, 0.2) is 37.1 Å². The molecule has 0 unspecified atom stereocenters. The van der Waals surface area contributed by atoms with Crippen LogP contribution in [0.1, 0.15) is 5.56 Å². The molecule has 112 valence electrons. The van der Waals surface area contributed by atoms with Crippen molar-refractivity contribution < 1.29 is 0 Å². The van der Waals surface area contributed by atoms with Crippen LogP contribution in [0.3, 0.4) is 0 Å². The van der Waals surface area contributed by atoms with Gasteiger partial charge in [0, 0.05) is 38.6 Å². The van der Waals surface area contributed by atoms with Gasteiger partial charge in [0.1, 0.15) is 12.1 Å². The van der Waals surface area contributed by atoms with Crippen molar-refractivity contribution >= 4 is 16.9 Å². The Morgan fingerprint density at radius 2 is 1.91 bits per heavy atom. The number of nitrogens with one attached hydrogen (secondary N) is 1. The van der Waals surface area contributed by atoms with E-state index in [4.69, 9.17) is 0 Å². The third-order valence-corrected chi connectivity index (χ3v) is 3.91. The molecule has 0 aliphatic carbocycles. The van der Waals surface area contributed by atoms with Gasteiger partial charge in [-0.1, -0.05) is 0 Å². The van der Waals surface area contributed by atoms with E-state index < -0.39 is 0 Å². The summed E-state index contributed by atoms with van der Waals surface area (Å²) in [6.45, 7) is 4.57. The summed E-state index contributed by atoms with van der Waals surface area (Å²) in [7, 11) is 0. The Morgan fingerprint density at radius 3 is 2.73 bits per heavy atom. The first-order chi connectivity index (χ1) is 10.9. The highest BCUT2D eigenvalue weighted by Gasteiger charge is 2.17. The smallest absolute Gasteiger partial charge is 0.163 e. The van der Waals surface area contributed by atoms with Crippen LogP contribution in [0.4, 0.5) is 5.82 Å². The fourth-order valence-electron chi connectivity index (χ4n) is 2.79. The number of fused-ring (bicyclic) bond motifs is 1. The van der Waals surface area contributed by atoms with Crippen LogP contribution in [0.2, 0.25) is 0 Å². The van der Waals surface area contributed by atoms with Crippen molar-refractivity contribution in [3.05, 3.63) is 42.6 Å². The molecule has 7 nitrogen and oxygen atoms in total. The van der Waals surface area contributed by atoms with E-state index in [-0.39, 0.29) is 0 Å². The molecule has 3 aromatic rings. The number of anilines is 1. The third kappa shape index (κ3) is 2.39. The van der Waals surface area contributed by atoms with Crippen LogP contribution in [0.5, 0.6) is 0 Å². The predicted molar refractivity (Wildman–Crippen MR) is 83.7 cm³/mol. The van der Waals surface area contributed by atoms with Gasteiger partial charge in [-0.05, 0) is 17.7 Å². The molecule has 1 aliphatic rings. The quantitative estimate of drug-likeness (QED) is 0.766. The summed E-state index contributed by atoms with van der Waals surface area (Å²) in [5.74, 6) is 0.979. The zero-order chi connectivity index (χ0) is 14.8. The lowest BCUT2D eigenvalue weighted by Crippen LogP contribution is -2.44. The highest BCUT2D eigenvalue weighted by atomic mass is 15.3. The van der Waals surface area contributed by atoms with E-state index >= 15 is 0 Å². The van der Waals surface area contributed by atoms with Gasteiger partial charge in [0.05, 0.1) is 18.1 Å². The zero-order valence-electron chi connectivity index (χ0n) is 12.2. The van der Waals surface area contributed by atoms with Crippen LogP contribution in [0, 0.1) is 0 Å². The second kappa shape index (κ2) is 5.69. The fraction of sp³-hybridized carbons (Fsp3) is 0.333. The minimum atomic E-state index is 0.685. The first-order valence-corrected chi connectivity index (χ1v) is 7.43. The lowest BCUT2D eigenvalue weighted by molar-refractivity contribution is 0.586. The van der Waals surface area contributed by atoms with Gasteiger partial charge in [0.2, 0.25) is 0 Å². The average Bonchev–Trinajstić information content (AvgIpc) is 3.00. The van der Waals surface area contributed by atoms with E-state index in [9.17, 15) is 0 Å². The topological polar surface area (TPSA) is 71.8 Å².